The molecule has 0 spiro atoms. The molecule has 0 aliphatic carbocycles. The van der Waals surface area contributed by atoms with Crippen LogP contribution >= 0.6 is 0 Å². The molecule has 1 unspecified atom stereocenters. The number of nitrogens with one attached hydrogen (secondary N) is 1. The first-order chi connectivity index (χ1) is 13.0. The highest BCUT2D eigenvalue weighted by Gasteiger charge is 2.36. The molecular formula is C16H26N6O5. The van der Waals surface area contributed by atoms with Crippen LogP contribution in [0.4, 0.5) is 17.3 Å². The van der Waals surface area contributed by atoms with E-state index in [2.05, 4.69) is 15.3 Å². The number of nitrogens with zero attached hydrogens (tertiary/aromatic N) is 4. The highest BCUT2D eigenvalue weighted by Crippen LogP contribution is 2.34. The molecule has 11 heteroatoms. The fourth-order valence-electron chi connectivity index (χ4n) is 2.77. The van der Waals surface area contributed by atoms with Gasteiger partial charge in [-0.3, -0.25) is 10.1 Å². The van der Waals surface area contributed by atoms with Crippen LogP contribution in [-0.2, 0) is 9.53 Å². The predicted octanol–water partition coefficient (Wildman–Crippen LogP) is 0.877. The number of carbonyl (C=O) groups excluding carboxylic acids is 1. The van der Waals surface area contributed by atoms with E-state index in [-0.39, 0.29) is 30.8 Å². The quantitative estimate of drug-likeness (QED) is 0.287. The molecule has 27 heavy (non-hydrogen) atoms. The maximum atomic E-state index is 12.4. The van der Waals surface area contributed by atoms with Gasteiger partial charge in [-0.25, -0.2) is 4.79 Å². The second-order valence-corrected chi connectivity index (χ2v) is 6.04. The number of hydrogen-bond acceptors (Lipinski definition) is 10. The summed E-state index contributed by atoms with van der Waals surface area (Å²) in [6, 6.07) is -0.801. The number of aromatic nitrogens is 2. The van der Waals surface area contributed by atoms with E-state index in [1.165, 1.54) is 0 Å². The zero-order valence-corrected chi connectivity index (χ0v) is 15.6. The van der Waals surface area contributed by atoms with Crippen molar-refractivity contribution in [1.82, 2.24) is 15.3 Å². The van der Waals surface area contributed by atoms with Gasteiger partial charge in [0.1, 0.15) is 6.04 Å². The average molecular weight is 382 g/mol. The molecule has 2 heterocycles. The normalized spacial score (nSPS) is 17.3. The second kappa shape index (κ2) is 9.86. The Morgan fingerprint density at radius 2 is 2.22 bits per heavy atom. The van der Waals surface area contributed by atoms with E-state index in [0.29, 0.717) is 26.1 Å². The van der Waals surface area contributed by atoms with Crippen molar-refractivity contribution in [2.24, 2.45) is 0 Å². The van der Waals surface area contributed by atoms with Gasteiger partial charge in [-0.2, -0.15) is 9.97 Å². The van der Waals surface area contributed by atoms with E-state index in [1.807, 2.05) is 6.92 Å². The lowest BCUT2D eigenvalue weighted by Gasteiger charge is -2.28. The Bertz CT molecular complexity index is 671. The molecule has 1 atom stereocenters. The predicted molar refractivity (Wildman–Crippen MR) is 98.8 cm³/mol. The van der Waals surface area contributed by atoms with Gasteiger partial charge in [-0.15, -0.1) is 0 Å². The number of nitro groups is 1. The lowest BCUT2D eigenvalue weighted by atomic mass is 10.2. The van der Waals surface area contributed by atoms with Crippen molar-refractivity contribution in [2.45, 2.75) is 39.2 Å². The standard InChI is InChI=1S/C16H26N6O5/c1-3-5-9-27-16-19-13(17)12(22(24)25)14(20-16)21-8-6-7-18-10-11(21)15(23)26-4-2/h11,18H,3-10H2,1-2H3,(H2,17,19,20). The number of esters is 1. The van der Waals surface area contributed by atoms with Gasteiger partial charge in [-0.1, -0.05) is 13.3 Å². The number of nitrogen functional groups attached to an aromatic ring is 1. The van der Waals surface area contributed by atoms with Crippen LogP contribution < -0.4 is 20.7 Å². The van der Waals surface area contributed by atoms with Crippen LogP contribution in [0.15, 0.2) is 0 Å². The Kier molecular flexibility index (Phi) is 7.53. The van der Waals surface area contributed by atoms with Gasteiger partial charge in [0.15, 0.2) is 0 Å². The molecule has 0 saturated carbocycles. The van der Waals surface area contributed by atoms with Crippen molar-refractivity contribution in [3.8, 4) is 6.01 Å². The molecule has 1 aromatic heterocycles. The Balaban J connectivity index is 2.46. The van der Waals surface area contributed by atoms with Gasteiger partial charge in [0.2, 0.25) is 11.6 Å². The molecule has 0 amide bonds. The monoisotopic (exact) mass is 382 g/mol. The number of unbranched alkanes of at least 4 members (excludes halogenated alkanes) is 1. The Morgan fingerprint density at radius 3 is 2.89 bits per heavy atom. The third kappa shape index (κ3) is 5.16. The lowest BCUT2D eigenvalue weighted by molar-refractivity contribution is -0.383. The first-order valence-electron chi connectivity index (χ1n) is 9.08. The molecule has 1 saturated heterocycles. The smallest absolute Gasteiger partial charge is 0.353 e. The van der Waals surface area contributed by atoms with Crippen molar-refractivity contribution in [1.29, 1.82) is 0 Å². The largest absolute Gasteiger partial charge is 0.464 e. The summed E-state index contributed by atoms with van der Waals surface area (Å²) in [6.07, 6.45) is 2.37. The maximum Gasteiger partial charge on any atom is 0.353 e. The summed E-state index contributed by atoms with van der Waals surface area (Å²) in [5, 5.41) is 14.7. The van der Waals surface area contributed by atoms with E-state index < -0.39 is 22.6 Å². The van der Waals surface area contributed by atoms with Gasteiger partial charge >= 0.3 is 17.7 Å². The summed E-state index contributed by atoms with van der Waals surface area (Å²) in [4.78, 5) is 33.0. The molecular weight excluding hydrogens is 356 g/mol. The third-order valence-corrected chi connectivity index (χ3v) is 4.08. The van der Waals surface area contributed by atoms with Crippen LogP contribution in [-0.4, -0.2) is 59.8 Å². The first kappa shape index (κ1) is 20.6. The average Bonchev–Trinajstić information content (AvgIpc) is 2.87. The van der Waals surface area contributed by atoms with Crippen LogP contribution in [0.25, 0.3) is 0 Å². The highest BCUT2D eigenvalue weighted by atomic mass is 16.6. The SMILES string of the molecule is CCCCOc1nc(N)c([N+](=O)[O-])c(N2CCCNCC2C(=O)OCC)n1. The molecule has 1 aliphatic rings. The number of ether oxygens (including phenoxy) is 2. The first-order valence-corrected chi connectivity index (χ1v) is 9.08. The minimum absolute atomic E-state index is 0.0271. The fourth-order valence-corrected chi connectivity index (χ4v) is 2.77. The van der Waals surface area contributed by atoms with Crippen molar-refractivity contribution in [3.05, 3.63) is 10.1 Å². The van der Waals surface area contributed by atoms with Gasteiger partial charge < -0.3 is 25.4 Å². The van der Waals surface area contributed by atoms with Crippen LogP contribution in [0.3, 0.4) is 0 Å². The molecule has 1 fully saturated rings. The third-order valence-electron chi connectivity index (χ3n) is 4.08. The minimum Gasteiger partial charge on any atom is -0.464 e. The van der Waals surface area contributed by atoms with Crippen molar-refractivity contribution >= 4 is 23.3 Å². The van der Waals surface area contributed by atoms with Gasteiger partial charge in [0.05, 0.1) is 18.1 Å². The van der Waals surface area contributed by atoms with Crippen LogP contribution in [0.1, 0.15) is 33.1 Å². The zero-order valence-electron chi connectivity index (χ0n) is 15.6. The van der Waals surface area contributed by atoms with Gasteiger partial charge in [0.25, 0.3) is 0 Å². The number of hydrogen-bond donors (Lipinski definition) is 2. The summed E-state index contributed by atoms with van der Waals surface area (Å²) in [7, 11) is 0. The highest BCUT2D eigenvalue weighted by molar-refractivity contribution is 5.82. The number of anilines is 2. The van der Waals surface area contributed by atoms with Crippen LogP contribution in [0.5, 0.6) is 6.01 Å². The molecule has 1 aliphatic heterocycles. The Morgan fingerprint density at radius 1 is 1.44 bits per heavy atom. The second-order valence-electron chi connectivity index (χ2n) is 6.04. The molecule has 0 radical (unpaired) electrons. The minimum atomic E-state index is -0.760. The van der Waals surface area contributed by atoms with Crippen molar-refractivity contribution in [3.63, 3.8) is 0 Å². The zero-order chi connectivity index (χ0) is 19.8. The molecule has 3 N–H and O–H groups in total. The van der Waals surface area contributed by atoms with E-state index in [1.54, 1.807) is 11.8 Å². The van der Waals surface area contributed by atoms with E-state index in [4.69, 9.17) is 15.2 Å². The summed E-state index contributed by atoms with van der Waals surface area (Å²) < 4.78 is 10.6. The van der Waals surface area contributed by atoms with Crippen LogP contribution in [0, 0.1) is 10.1 Å². The van der Waals surface area contributed by atoms with Crippen molar-refractivity contribution < 1.29 is 19.2 Å². The topological polar surface area (TPSA) is 146 Å². The number of rotatable bonds is 8. The summed E-state index contributed by atoms with van der Waals surface area (Å²) >= 11 is 0. The van der Waals surface area contributed by atoms with E-state index in [0.717, 1.165) is 12.8 Å². The van der Waals surface area contributed by atoms with Crippen LogP contribution in [0.2, 0.25) is 0 Å². The van der Waals surface area contributed by atoms with Crippen molar-refractivity contribution in [2.75, 3.05) is 43.5 Å². The van der Waals surface area contributed by atoms with Gasteiger partial charge in [0, 0.05) is 13.1 Å². The maximum absolute atomic E-state index is 12.4. The number of carbonyl (C=O) groups is 1. The Hall–Kier alpha value is -2.69. The molecule has 2 rings (SSSR count). The summed E-state index contributed by atoms with van der Waals surface area (Å²) in [6.45, 7) is 5.62. The molecule has 0 aromatic carbocycles. The summed E-state index contributed by atoms with van der Waals surface area (Å²) in [5.41, 5.74) is 5.39. The fraction of sp³-hybridized carbons (Fsp3) is 0.688. The Labute approximate surface area is 157 Å². The molecule has 1 aromatic rings. The van der Waals surface area contributed by atoms with E-state index >= 15 is 0 Å². The molecule has 11 nitrogen and oxygen atoms in total. The summed E-state index contributed by atoms with van der Waals surface area (Å²) in [5.74, 6) is -0.802. The lowest BCUT2D eigenvalue weighted by Crippen LogP contribution is -2.47. The van der Waals surface area contributed by atoms with Gasteiger partial charge in [-0.05, 0) is 26.3 Å². The number of nitrogens with two attached hydrogens (primary N) is 1. The molecule has 0 bridgehead atoms. The molecule has 150 valence electrons. The van der Waals surface area contributed by atoms with E-state index in [9.17, 15) is 14.9 Å².